The molecule has 0 amide bonds. The second-order valence-electron chi connectivity index (χ2n) is 9.37. The summed E-state index contributed by atoms with van der Waals surface area (Å²) >= 11 is 0. The van der Waals surface area contributed by atoms with Gasteiger partial charge in [-0.1, -0.05) is 51.0 Å². The summed E-state index contributed by atoms with van der Waals surface area (Å²) in [6, 6.07) is 9.17. The summed E-state index contributed by atoms with van der Waals surface area (Å²) in [5.74, 6) is 2.15. The van der Waals surface area contributed by atoms with E-state index in [-0.39, 0.29) is 0 Å². The third-order valence-electron chi connectivity index (χ3n) is 6.36. The van der Waals surface area contributed by atoms with Gasteiger partial charge in [0.05, 0.1) is 10.5 Å². The molecule has 0 bridgehead atoms. The van der Waals surface area contributed by atoms with Crippen LogP contribution in [0.3, 0.4) is 0 Å². The minimum Gasteiger partial charge on any atom is -0.228 e. The molecule has 2 nitrogen and oxygen atoms in total. The quantitative estimate of drug-likeness (QED) is 0.570. The summed E-state index contributed by atoms with van der Waals surface area (Å²) < 4.78 is 24.2. The smallest absolute Gasteiger partial charge is 0.155 e. The fraction of sp³-hybridized carbons (Fsp3) is 0.739. The SMILES string of the molecule is CCC(C)c1ccc(CCC2CCC(CS(=O)(=O)C(C)(C)C)CC2)cc1. The minimum atomic E-state index is -2.98. The van der Waals surface area contributed by atoms with E-state index >= 15 is 0 Å². The van der Waals surface area contributed by atoms with Crippen molar-refractivity contribution in [2.75, 3.05) is 5.75 Å². The van der Waals surface area contributed by atoms with Gasteiger partial charge >= 0.3 is 0 Å². The van der Waals surface area contributed by atoms with Gasteiger partial charge in [-0.05, 0) is 81.8 Å². The first-order valence-corrected chi connectivity index (χ1v) is 12.1. The van der Waals surface area contributed by atoms with E-state index in [2.05, 4.69) is 38.1 Å². The molecule has 1 aliphatic rings. The average Bonchev–Trinajstić information content (AvgIpc) is 2.59. The fourth-order valence-corrected chi connectivity index (χ4v) is 5.32. The van der Waals surface area contributed by atoms with Gasteiger partial charge < -0.3 is 0 Å². The molecule has 1 saturated carbocycles. The number of hydrogen-bond acceptors (Lipinski definition) is 2. The minimum absolute atomic E-state index is 0.366. The molecule has 1 aliphatic carbocycles. The molecule has 0 radical (unpaired) electrons. The Morgan fingerprint density at radius 3 is 2.04 bits per heavy atom. The summed E-state index contributed by atoms with van der Waals surface area (Å²) in [4.78, 5) is 0. The van der Waals surface area contributed by atoms with Crippen molar-refractivity contribution in [1.29, 1.82) is 0 Å². The highest BCUT2D eigenvalue weighted by Crippen LogP contribution is 2.34. The Bertz CT molecular complexity index is 644. The van der Waals surface area contributed by atoms with Gasteiger partial charge in [0, 0.05) is 0 Å². The van der Waals surface area contributed by atoms with Gasteiger partial charge in [-0.3, -0.25) is 0 Å². The average molecular weight is 379 g/mol. The highest BCUT2D eigenvalue weighted by Gasteiger charge is 2.33. The molecule has 0 aliphatic heterocycles. The van der Waals surface area contributed by atoms with E-state index < -0.39 is 14.6 Å². The lowest BCUT2D eigenvalue weighted by Crippen LogP contribution is -2.34. The van der Waals surface area contributed by atoms with E-state index in [9.17, 15) is 8.42 Å². The van der Waals surface area contributed by atoms with Crippen LogP contribution in [-0.2, 0) is 16.3 Å². The number of aryl methyl sites for hydroxylation is 1. The molecule has 1 atom stereocenters. The lowest BCUT2D eigenvalue weighted by Gasteiger charge is -2.30. The highest BCUT2D eigenvalue weighted by atomic mass is 32.2. The van der Waals surface area contributed by atoms with Crippen LogP contribution in [0.2, 0.25) is 0 Å². The third-order valence-corrected chi connectivity index (χ3v) is 9.13. The van der Waals surface area contributed by atoms with Gasteiger partial charge in [-0.15, -0.1) is 0 Å². The molecule has 1 unspecified atom stereocenters. The second-order valence-corrected chi connectivity index (χ2v) is 12.2. The molecule has 1 aromatic rings. The van der Waals surface area contributed by atoms with Gasteiger partial charge in [-0.2, -0.15) is 0 Å². The van der Waals surface area contributed by atoms with Crippen molar-refractivity contribution in [3.63, 3.8) is 0 Å². The molecule has 0 N–H and O–H groups in total. The van der Waals surface area contributed by atoms with Crippen molar-refractivity contribution >= 4 is 9.84 Å². The summed E-state index contributed by atoms with van der Waals surface area (Å²) in [6.45, 7) is 9.98. The van der Waals surface area contributed by atoms with Crippen molar-refractivity contribution in [3.05, 3.63) is 35.4 Å². The summed E-state index contributed by atoms with van der Waals surface area (Å²) in [7, 11) is -2.98. The predicted octanol–water partition coefficient (Wildman–Crippen LogP) is 6.15. The van der Waals surface area contributed by atoms with Crippen LogP contribution in [0.25, 0.3) is 0 Å². The van der Waals surface area contributed by atoms with E-state index in [1.807, 2.05) is 20.8 Å². The van der Waals surface area contributed by atoms with Crippen molar-refractivity contribution in [2.45, 2.75) is 90.2 Å². The maximum Gasteiger partial charge on any atom is 0.155 e. The summed E-state index contributed by atoms with van der Waals surface area (Å²) in [6.07, 6.45) is 8.11. The summed E-state index contributed by atoms with van der Waals surface area (Å²) in [5.41, 5.74) is 2.88. The molecule has 0 spiro atoms. The van der Waals surface area contributed by atoms with Crippen LogP contribution in [-0.4, -0.2) is 18.9 Å². The van der Waals surface area contributed by atoms with Gasteiger partial charge in [0.15, 0.2) is 9.84 Å². The normalized spacial score (nSPS) is 23.0. The number of hydrogen-bond donors (Lipinski definition) is 0. The molecule has 1 aromatic carbocycles. The van der Waals surface area contributed by atoms with Crippen LogP contribution in [0.1, 0.15) is 90.2 Å². The fourth-order valence-electron chi connectivity index (χ4n) is 3.87. The monoisotopic (exact) mass is 378 g/mol. The Kier molecular flexibility index (Phi) is 7.35. The van der Waals surface area contributed by atoms with E-state index in [1.54, 1.807) is 0 Å². The molecule has 2 rings (SSSR count). The van der Waals surface area contributed by atoms with Crippen LogP contribution in [0, 0.1) is 11.8 Å². The van der Waals surface area contributed by atoms with E-state index in [0.29, 0.717) is 17.6 Å². The van der Waals surface area contributed by atoms with Crippen LogP contribution >= 0.6 is 0 Å². The first kappa shape index (κ1) is 21.5. The van der Waals surface area contributed by atoms with Gasteiger partial charge in [0.1, 0.15) is 0 Å². The van der Waals surface area contributed by atoms with Crippen molar-refractivity contribution in [2.24, 2.45) is 11.8 Å². The first-order valence-electron chi connectivity index (χ1n) is 10.4. The molecule has 0 saturated heterocycles. The third kappa shape index (κ3) is 5.84. The van der Waals surface area contributed by atoms with Crippen molar-refractivity contribution < 1.29 is 8.42 Å². The molecule has 0 aromatic heterocycles. The van der Waals surface area contributed by atoms with Gasteiger partial charge in [0.25, 0.3) is 0 Å². The molecular formula is C23H38O2S. The second kappa shape index (κ2) is 8.91. The molecule has 0 heterocycles. The van der Waals surface area contributed by atoms with Crippen molar-refractivity contribution in [3.8, 4) is 0 Å². The van der Waals surface area contributed by atoms with Gasteiger partial charge in [-0.25, -0.2) is 8.42 Å². The van der Waals surface area contributed by atoms with Crippen LogP contribution in [0.15, 0.2) is 24.3 Å². The molecular weight excluding hydrogens is 340 g/mol. The Hall–Kier alpha value is -0.830. The Labute approximate surface area is 161 Å². The zero-order valence-corrected chi connectivity index (χ0v) is 18.2. The first-order chi connectivity index (χ1) is 12.1. The topological polar surface area (TPSA) is 34.1 Å². The maximum absolute atomic E-state index is 12.4. The Morgan fingerprint density at radius 2 is 1.54 bits per heavy atom. The van der Waals surface area contributed by atoms with Crippen LogP contribution in [0.4, 0.5) is 0 Å². The van der Waals surface area contributed by atoms with Gasteiger partial charge in [0.2, 0.25) is 0 Å². The van der Waals surface area contributed by atoms with Crippen molar-refractivity contribution in [1.82, 2.24) is 0 Å². The molecule has 1 fully saturated rings. The zero-order chi connectivity index (χ0) is 19.4. The number of rotatable bonds is 7. The Morgan fingerprint density at radius 1 is 1.00 bits per heavy atom. The summed E-state index contributed by atoms with van der Waals surface area (Å²) in [5, 5.41) is 0. The maximum atomic E-state index is 12.4. The van der Waals surface area contributed by atoms with Crippen LogP contribution < -0.4 is 0 Å². The van der Waals surface area contributed by atoms with Crippen LogP contribution in [0.5, 0.6) is 0 Å². The largest absolute Gasteiger partial charge is 0.228 e. The molecule has 26 heavy (non-hydrogen) atoms. The Balaban J connectivity index is 1.77. The number of sulfone groups is 1. The molecule has 3 heteroatoms. The van der Waals surface area contributed by atoms with E-state index in [0.717, 1.165) is 25.2 Å². The lowest BCUT2D eigenvalue weighted by atomic mass is 9.80. The lowest BCUT2D eigenvalue weighted by molar-refractivity contribution is 0.278. The zero-order valence-electron chi connectivity index (χ0n) is 17.4. The number of benzene rings is 1. The van der Waals surface area contributed by atoms with E-state index in [4.69, 9.17) is 0 Å². The van der Waals surface area contributed by atoms with E-state index in [1.165, 1.54) is 36.8 Å². The predicted molar refractivity (Wildman–Crippen MR) is 112 cm³/mol. The highest BCUT2D eigenvalue weighted by molar-refractivity contribution is 7.92. The standard InChI is InChI=1S/C23H38O2S/c1-6-18(2)22-15-13-20(14-16-22)8-7-19-9-11-21(12-10-19)17-26(24,25)23(3,4)5/h13-16,18-19,21H,6-12,17H2,1-5H3. The molecule has 148 valence electrons.